The van der Waals surface area contributed by atoms with Crippen LogP contribution in [-0.4, -0.2) is 56.1 Å². The highest BCUT2D eigenvalue weighted by Gasteiger charge is 2.39. The van der Waals surface area contributed by atoms with Crippen molar-refractivity contribution in [2.24, 2.45) is 5.41 Å². The van der Waals surface area contributed by atoms with Crippen LogP contribution in [0.25, 0.3) is 0 Å². The summed E-state index contributed by atoms with van der Waals surface area (Å²) in [5.41, 5.74) is 0.805. The maximum atomic E-state index is 14.2. The molecule has 2 saturated heterocycles. The summed E-state index contributed by atoms with van der Waals surface area (Å²) >= 11 is 0. The van der Waals surface area contributed by atoms with E-state index in [-0.39, 0.29) is 11.7 Å². The first kappa shape index (κ1) is 17.4. The molecule has 4 nitrogen and oxygen atoms in total. The van der Waals surface area contributed by atoms with Gasteiger partial charge in [-0.15, -0.1) is 0 Å². The molecule has 2 aliphatic rings. The second-order valence-corrected chi connectivity index (χ2v) is 7.33. The van der Waals surface area contributed by atoms with E-state index in [9.17, 15) is 9.18 Å². The lowest BCUT2D eigenvalue weighted by Gasteiger charge is -2.45. The maximum Gasteiger partial charge on any atom is 0.244 e. The molecule has 1 unspecified atom stereocenters. The van der Waals surface area contributed by atoms with Crippen molar-refractivity contribution in [1.29, 1.82) is 0 Å². The number of ether oxygens (including phenoxy) is 1. The van der Waals surface area contributed by atoms with Crippen LogP contribution in [0.1, 0.15) is 37.3 Å². The monoisotopic (exact) mass is 334 g/mol. The Morgan fingerprint density at radius 1 is 1.17 bits per heavy atom. The van der Waals surface area contributed by atoms with Gasteiger partial charge in [0.25, 0.3) is 0 Å². The molecule has 5 heteroatoms. The second-order valence-electron chi connectivity index (χ2n) is 7.33. The molecule has 2 fully saturated rings. The minimum atomic E-state index is -0.560. The van der Waals surface area contributed by atoms with Crippen molar-refractivity contribution in [3.8, 4) is 0 Å². The molecule has 1 atom stereocenters. The number of benzene rings is 1. The van der Waals surface area contributed by atoms with Gasteiger partial charge in [0.15, 0.2) is 0 Å². The van der Waals surface area contributed by atoms with Gasteiger partial charge in [0.2, 0.25) is 5.91 Å². The van der Waals surface area contributed by atoms with Gasteiger partial charge in [0.1, 0.15) is 11.9 Å². The predicted octanol–water partition coefficient (Wildman–Crippen LogP) is 2.85. The van der Waals surface area contributed by atoms with Gasteiger partial charge in [0, 0.05) is 31.9 Å². The fourth-order valence-electron chi connectivity index (χ4n) is 4.01. The largest absolute Gasteiger partial charge is 0.381 e. The lowest BCUT2D eigenvalue weighted by atomic mass is 9.72. The van der Waals surface area contributed by atoms with E-state index in [0.717, 1.165) is 52.0 Å². The van der Waals surface area contributed by atoms with Gasteiger partial charge >= 0.3 is 0 Å². The van der Waals surface area contributed by atoms with Crippen molar-refractivity contribution in [3.63, 3.8) is 0 Å². The molecule has 0 aromatic heterocycles. The summed E-state index contributed by atoms with van der Waals surface area (Å²) in [7, 11) is 3.66. The van der Waals surface area contributed by atoms with Crippen LogP contribution in [0.5, 0.6) is 0 Å². The van der Waals surface area contributed by atoms with Gasteiger partial charge in [-0.3, -0.25) is 9.69 Å². The fraction of sp³-hybridized carbons (Fsp3) is 0.632. The highest BCUT2D eigenvalue weighted by molar-refractivity contribution is 5.83. The Morgan fingerprint density at radius 2 is 1.79 bits per heavy atom. The number of carbonyl (C=O) groups is 1. The molecule has 1 aromatic rings. The summed E-state index contributed by atoms with van der Waals surface area (Å²) in [6.07, 6.45) is 4.25. The molecule has 3 rings (SSSR count). The van der Waals surface area contributed by atoms with E-state index in [0.29, 0.717) is 11.0 Å². The molecule has 0 N–H and O–H groups in total. The van der Waals surface area contributed by atoms with Crippen LogP contribution in [0.4, 0.5) is 4.39 Å². The van der Waals surface area contributed by atoms with Crippen molar-refractivity contribution in [3.05, 3.63) is 35.6 Å². The number of halogens is 1. The average Bonchev–Trinajstić information content (AvgIpc) is 2.58. The molecule has 1 spiro atoms. The topological polar surface area (TPSA) is 32.8 Å². The third kappa shape index (κ3) is 3.47. The van der Waals surface area contributed by atoms with Gasteiger partial charge in [-0.05, 0) is 51.3 Å². The Labute approximate surface area is 143 Å². The molecular weight excluding hydrogens is 307 g/mol. The van der Waals surface area contributed by atoms with Crippen molar-refractivity contribution < 1.29 is 13.9 Å². The Kier molecular flexibility index (Phi) is 5.21. The summed E-state index contributed by atoms with van der Waals surface area (Å²) < 4.78 is 19.7. The first-order valence-electron chi connectivity index (χ1n) is 8.80. The van der Waals surface area contributed by atoms with E-state index < -0.39 is 6.04 Å². The van der Waals surface area contributed by atoms with Crippen LogP contribution in [0, 0.1) is 11.2 Å². The lowest BCUT2D eigenvalue weighted by Crippen LogP contribution is -2.48. The van der Waals surface area contributed by atoms with Crippen molar-refractivity contribution in [1.82, 2.24) is 9.80 Å². The van der Waals surface area contributed by atoms with Crippen LogP contribution in [0.2, 0.25) is 0 Å². The third-order valence-electron chi connectivity index (χ3n) is 5.64. The van der Waals surface area contributed by atoms with Crippen molar-refractivity contribution in [2.45, 2.75) is 31.7 Å². The molecule has 24 heavy (non-hydrogen) atoms. The molecule has 2 heterocycles. The zero-order chi connectivity index (χ0) is 17.2. The zero-order valence-electron chi connectivity index (χ0n) is 14.6. The highest BCUT2D eigenvalue weighted by atomic mass is 19.1. The summed E-state index contributed by atoms with van der Waals surface area (Å²) in [5, 5.41) is 0. The molecule has 0 bridgehead atoms. The maximum absolute atomic E-state index is 14.2. The first-order valence-corrected chi connectivity index (χ1v) is 8.80. The van der Waals surface area contributed by atoms with Gasteiger partial charge in [-0.25, -0.2) is 4.39 Å². The fourth-order valence-corrected chi connectivity index (χ4v) is 4.01. The van der Waals surface area contributed by atoms with E-state index in [2.05, 4.69) is 0 Å². The van der Waals surface area contributed by atoms with Crippen LogP contribution in [0.3, 0.4) is 0 Å². The summed E-state index contributed by atoms with van der Waals surface area (Å²) in [4.78, 5) is 16.8. The molecule has 132 valence electrons. The molecule has 1 amide bonds. The number of rotatable bonds is 3. The predicted molar refractivity (Wildman–Crippen MR) is 91.1 cm³/mol. The molecule has 0 saturated carbocycles. The summed E-state index contributed by atoms with van der Waals surface area (Å²) in [5.74, 6) is -0.311. The number of piperidine rings is 1. The Balaban J connectivity index is 1.72. The number of carbonyl (C=O) groups excluding carboxylic acids is 1. The number of hydrogen-bond donors (Lipinski definition) is 0. The number of nitrogens with zero attached hydrogens (tertiary/aromatic N) is 2. The van der Waals surface area contributed by atoms with Crippen LogP contribution < -0.4 is 0 Å². The van der Waals surface area contributed by atoms with E-state index in [1.165, 1.54) is 6.07 Å². The van der Waals surface area contributed by atoms with Gasteiger partial charge < -0.3 is 9.64 Å². The van der Waals surface area contributed by atoms with Crippen LogP contribution in [0.15, 0.2) is 24.3 Å². The van der Waals surface area contributed by atoms with Gasteiger partial charge in [-0.1, -0.05) is 18.2 Å². The summed E-state index contributed by atoms with van der Waals surface area (Å²) in [6.45, 7) is 3.20. The van der Waals surface area contributed by atoms with Crippen molar-refractivity contribution in [2.75, 3.05) is 40.4 Å². The molecule has 0 aliphatic carbocycles. The number of likely N-dealkylation sites (tertiary alicyclic amines) is 1. The Morgan fingerprint density at radius 3 is 2.38 bits per heavy atom. The molecule has 0 radical (unpaired) electrons. The Hall–Kier alpha value is -1.46. The lowest BCUT2D eigenvalue weighted by molar-refractivity contribution is -0.140. The third-order valence-corrected chi connectivity index (χ3v) is 5.64. The van der Waals surface area contributed by atoms with Crippen molar-refractivity contribution >= 4 is 5.91 Å². The summed E-state index contributed by atoms with van der Waals surface area (Å²) in [6, 6.07) is 6.02. The molecule has 2 aliphatic heterocycles. The number of hydrogen-bond acceptors (Lipinski definition) is 3. The SMILES string of the molecule is CN(C)C(C(=O)N1CCC2(CCOCC2)CC1)c1ccccc1F. The quantitative estimate of drug-likeness (QED) is 0.852. The Bertz CT molecular complexity index is 574. The highest BCUT2D eigenvalue weighted by Crippen LogP contribution is 2.41. The smallest absolute Gasteiger partial charge is 0.244 e. The van der Waals surface area contributed by atoms with E-state index >= 15 is 0 Å². The van der Waals surface area contributed by atoms with E-state index in [1.54, 1.807) is 23.1 Å². The normalized spacial score (nSPS) is 21.9. The van der Waals surface area contributed by atoms with E-state index in [4.69, 9.17) is 4.74 Å². The number of likely N-dealkylation sites (N-methyl/N-ethyl adjacent to an activating group) is 1. The minimum Gasteiger partial charge on any atom is -0.381 e. The average molecular weight is 334 g/mol. The first-order chi connectivity index (χ1) is 11.5. The van der Waals surface area contributed by atoms with E-state index in [1.807, 2.05) is 19.0 Å². The number of amides is 1. The van der Waals surface area contributed by atoms with Crippen LogP contribution >= 0.6 is 0 Å². The minimum absolute atomic E-state index is 0.00649. The molecule has 1 aromatic carbocycles. The standard InChI is InChI=1S/C19H27FN2O2/c1-21(2)17(15-5-3-4-6-16(15)20)18(23)22-11-7-19(8-12-22)9-13-24-14-10-19/h3-6,17H,7-14H2,1-2H3. The van der Waals surface area contributed by atoms with Gasteiger partial charge in [-0.2, -0.15) is 0 Å². The van der Waals surface area contributed by atoms with Crippen LogP contribution in [-0.2, 0) is 9.53 Å². The second kappa shape index (κ2) is 7.19. The molecular formula is C19H27FN2O2. The zero-order valence-corrected chi connectivity index (χ0v) is 14.6. The van der Waals surface area contributed by atoms with Gasteiger partial charge in [0.05, 0.1) is 0 Å².